The topological polar surface area (TPSA) is 232 Å². The van der Waals surface area contributed by atoms with Crippen molar-refractivity contribution < 1.29 is 60.9 Å². The molecule has 0 spiro atoms. The van der Waals surface area contributed by atoms with E-state index in [-0.39, 0.29) is 65.3 Å². The number of alkyl halides is 2. The van der Waals surface area contributed by atoms with Gasteiger partial charge in [0, 0.05) is 53.4 Å². The summed E-state index contributed by atoms with van der Waals surface area (Å²) in [5.74, 6) is -9.44. The van der Waals surface area contributed by atoms with E-state index < -0.39 is 88.0 Å². The van der Waals surface area contributed by atoms with E-state index in [1.54, 1.807) is 66.7 Å². The Morgan fingerprint density at radius 3 is 2.41 bits per heavy atom. The smallest absolute Gasteiger partial charge is 0.349 e. The summed E-state index contributed by atoms with van der Waals surface area (Å²) in [4.78, 5) is 77.3. The number of nitrogens with one attached hydrogen (secondary N) is 3. The van der Waals surface area contributed by atoms with Crippen LogP contribution < -0.4 is 25.6 Å². The zero-order valence-electron chi connectivity index (χ0n) is 38.2. The van der Waals surface area contributed by atoms with Crippen molar-refractivity contribution in [3.05, 3.63) is 105 Å². The van der Waals surface area contributed by atoms with E-state index in [1.807, 2.05) is 19.9 Å². The number of carbonyl (C=O) groups is 6. The lowest BCUT2D eigenvalue weighted by atomic mass is 9.83. The number of rotatable bonds is 13. The van der Waals surface area contributed by atoms with Crippen LogP contribution in [0.15, 0.2) is 78.9 Å². The summed E-state index contributed by atoms with van der Waals surface area (Å²) in [5.41, 5.74) is 1.96. The van der Waals surface area contributed by atoms with Crippen molar-refractivity contribution >= 4 is 96.5 Å². The summed E-state index contributed by atoms with van der Waals surface area (Å²) in [6.45, 7) is 2.12. The van der Waals surface area contributed by atoms with Gasteiger partial charge in [-0.05, 0) is 98.0 Å². The normalized spacial score (nSPS) is 21.0. The number of imide groups is 1. The number of carboxylic acids is 2. The van der Waals surface area contributed by atoms with Crippen LogP contribution in [0.3, 0.4) is 0 Å². The highest BCUT2D eigenvalue weighted by Crippen LogP contribution is 2.49. The van der Waals surface area contributed by atoms with Gasteiger partial charge in [-0.25, -0.2) is 31.6 Å². The number of carboxylic acid groups (broad SMARTS) is 2. The number of hydrogen-bond donors (Lipinski definition) is 5. The molecule has 0 bridgehead atoms. The standard InChI is InChI=1S/C49H47ClF2N6O11S2/c1-48(2)22-30(53-29-9-4-7-27(21-29)42-40(50)41(69-23-38(60)61)43(70-42)46(64)65)16-19-57(48)71(67,68)24-26-6-3-8-28(20-26)54-47(66)56-18-17-34(49(51,52)25-56)31-12-13-35-39-32(31)10-5-11-33(39)45(63)58(35)36-14-15-37(59)55-44(36)62/h3-13,20-21,30,34,36,53H,14-19,22-25H2,1-2H3,(H,54,66)(H,60,61)(H,64,65)(H,55,59,62)/t30-,34?,36?/m0/s1. The number of aromatic carboxylic acids is 1. The van der Waals surface area contributed by atoms with Crippen molar-refractivity contribution in [2.24, 2.45) is 0 Å². The van der Waals surface area contributed by atoms with E-state index in [2.05, 4.69) is 16.0 Å². The van der Waals surface area contributed by atoms with E-state index in [9.17, 15) is 42.3 Å². The highest BCUT2D eigenvalue weighted by atomic mass is 35.5. The van der Waals surface area contributed by atoms with Crippen LogP contribution in [0.2, 0.25) is 5.02 Å². The fourth-order valence-electron chi connectivity index (χ4n) is 10.3. The number of amides is 5. The van der Waals surface area contributed by atoms with Crippen molar-refractivity contribution in [3.63, 3.8) is 0 Å². The molecule has 2 unspecified atom stereocenters. The summed E-state index contributed by atoms with van der Waals surface area (Å²) in [6, 6.07) is 19.4. The summed E-state index contributed by atoms with van der Waals surface area (Å²) in [6.07, 6.45) is 0.923. The Labute approximate surface area is 414 Å². The number of halogens is 3. The number of benzene rings is 4. The first-order valence-corrected chi connectivity index (χ1v) is 25.5. The Morgan fingerprint density at radius 1 is 0.944 bits per heavy atom. The van der Waals surface area contributed by atoms with Gasteiger partial charge in [0.1, 0.15) is 11.1 Å². The molecule has 71 heavy (non-hydrogen) atoms. The number of aliphatic carboxylic acids is 1. The predicted octanol–water partition coefficient (Wildman–Crippen LogP) is 7.99. The predicted molar refractivity (Wildman–Crippen MR) is 261 cm³/mol. The third kappa shape index (κ3) is 9.62. The molecule has 4 aromatic carbocycles. The van der Waals surface area contributed by atoms with E-state index in [4.69, 9.17) is 21.4 Å². The van der Waals surface area contributed by atoms with Gasteiger partial charge < -0.3 is 30.5 Å². The van der Waals surface area contributed by atoms with Crippen molar-refractivity contribution in [1.82, 2.24) is 14.5 Å². The van der Waals surface area contributed by atoms with Gasteiger partial charge in [-0.3, -0.25) is 24.6 Å². The maximum absolute atomic E-state index is 16.3. The molecule has 3 saturated heterocycles. The second-order valence-electron chi connectivity index (χ2n) is 18.6. The van der Waals surface area contributed by atoms with Crippen LogP contribution in [-0.4, -0.2) is 113 Å². The van der Waals surface area contributed by atoms with Gasteiger partial charge in [0.15, 0.2) is 17.2 Å². The number of nitrogens with zero attached hydrogens (tertiary/aromatic N) is 3. The second-order valence-corrected chi connectivity index (χ2v) is 21.9. The average Bonchev–Trinajstić information content (AvgIpc) is 3.78. The molecular weight excluding hydrogens is 986 g/mol. The van der Waals surface area contributed by atoms with Crippen LogP contribution in [0.4, 0.5) is 30.6 Å². The first-order valence-electron chi connectivity index (χ1n) is 22.6. The fraction of sp³-hybridized carbons (Fsp3) is 0.347. The maximum Gasteiger partial charge on any atom is 0.349 e. The van der Waals surface area contributed by atoms with Crippen LogP contribution in [0.25, 0.3) is 21.2 Å². The number of piperidine rings is 3. The molecular formula is C49H47ClF2N6O11S2. The molecule has 5 N–H and O–H groups in total. The molecule has 9 rings (SSSR count). The number of carbonyl (C=O) groups excluding carboxylic acids is 4. The molecule has 0 aliphatic carbocycles. The van der Waals surface area contributed by atoms with Gasteiger partial charge in [-0.15, -0.1) is 11.3 Å². The summed E-state index contributed by atoms with van der Waals surface area (Å²) >= 11 is 7.36. The lowest BCUT2D eigenvalue weighted by Crippen LogP contribution is -2.55. The Hall–Kier alpha value is -6.68. The molecule has 3 fully saturated rings. The minimum atomic E-state index is -3.93. The largest absolute Gasteiger partial charge is 0.479 e. The lowest BCUT2D eigenvalue weighted by molar-refractivity contribution is -0.139. The zero-order valence-corrected chi connectivity index (χ0v) is 40.6. The third-order valence-electron chi connectivity index (χ3n) is 13.3. The van der Waals surface area contributed by atoms with Gasteiger partial charge in [-0.1, -0.05) is 54.1 Å². The summed E-state index contributed by atoms with van der Waals surface area (Å²) < 4.78 is 67.3. The molecule has 17 nitrogen and oxygen atoms in total. The van der Waals surface area contributed by atoms with Crippen molar-refractivity contribution in [1.29, 1.82) is 0 Å². The monoisotopic (exact) mass is 1030 g/mol. The number of hydrogen-bond acceptors (Lipinski definition) is 11. The molecule has 5 heterocycles. The van der Waals surface area contributed by atoms with Crippen molar-refractivity contribution in [3.8, 4) is 16.2 Å². The molecule has 3 atom stereocenters. The molecule has 22 heteroatoms. The fourth-order valence-corrected chi connectivity index (χ4v) is 13.7. The first kappa shape index (κ1) is 49.3. The zero-order chi connectivity index (χ0) is 50.7. The lowest BCUT2D eigenvalue weighted by Gasteiger charge is -2.45. The van der Waals surface area contributed by atoms with E-state index in [1.165, 1.54) is 15.3 Å². The number of likely N-dealkylation sites (tertiary alicyclic amines) is 1. The van der Waals surface area contributed by atoms with Gasteiger partial charge in [-0.2, -0.15) is 4.31 Å². The van der Waals surface area contributed by atoms with Crippen LogP contribution in [0.1, 0.15) is 83.0 Å². The molecule has 5 aromatic rings. The SMILES string of the molecule is CC1(C)C[C@@H](Nc2cccc(-c3sc(C(=O)O)c(OCC(=O)O)c3Cl)c2)CCN1S(=O)(=O)Cc1cccc(NC(=O)N2CCC(c3ccc4c5c(cccc35)C(=O)N4C3CCC(=O)NC3=O)C(F)(F)C2)c1. The number of urea groups is 1. The number of sulfonamides is 1. The van der Waals surface area contributed by atoms with Crippen LogP contribution >= 0.6 is 22.9 Å². The van der Waals surface area contributed by atoms with Crippen LogP contribution in [0, 0.1) is 0 Å². The number of ether oxygens (including phenoxy) is 1. The molecule has 0 saturated carbocycles. The first-order chi connectivity index (χ1) is 33.6. The minimum Gasteiger partial charge on any atom is -0.479 e. The Morgan fingerprint density at radius 2 is 1.69 bits per heavy atom. The van der Waals surface area contributed by atoms with Crippen molar-refractivity contribution in [2.45, 2.75) is 81.2 Å². The minimum absolute atomic E-state index is 0.0289. The van der Waals surface area contributed by atoms with Crippen LogP contribution in [-0.2, 0) is 30.2 Å². The van der Waals surface area contributed by atoms with Gasteiger partial charge in [0.25, 0.3) is 11.8 Å². The van der Waals surface area contributed by atoms with E-state index in [0.717, 1.165) is 16.2 Å². The maximum atomic E-state index is 16.3. The average molecular weight is 1030 g/mol. The second kappa shape index (κ2) is 18.8. The summed E-state index contributed by atoms with van der Waals surface area (Å²) in [7, 11) is -3.93. The highest BCUT2D eigenvalue weighted by Gasteiger charge is 2.49. The Balaban J connectivity index is 0.826. The summed E-state index contributed by atoms with van der Waals surface area (Å²) in [5, 5.41) is 28.0. The van der Waals surface area contributed by atoms with Crippen LogP contribution in [0.5, 0.6) is 5.75 Å². The molecule has 372 valence electrons. The molecule has 5 amide bonds. The van der Waals surface area contributed by atoms with Crippen molar-refractivity contribution in [2.75, 3.05) is 41.8 Å². The molecule has 0 radical (unpaired) electrons. The highest BCUT2D eigenvalue weighted by molar-refractivity contribution is 7.88. The molecule has 4 aliphatic heterocycles. The van der Waals surface area contributed by atoms with E-state index >= 15 is 8.78 Å². The molecule has 1 aromatic heterocycles. The number of thiophene rings is 1. The quantitative estimate of drug-likeness (QED) is 0.0707. The molecule has 4 aliphatic rings. The third-order valence-corrected chi connectivity index (χ3v) is 17.1. The Kier molecular flexibility index (Phi) is 13.1. The number of anilines is 3. The van der Waals surface area contributed by atoms with Gasteiger partial charge in [0.05, 0.1) is 28.8 Å². The van der Waals surface area contributed by atoms with Gasteiger partial charge >= 0.3 is 18.0 Å². The van der Waals surface area contributed by atoms with E-state index in [0.29, 0.717) is 56.6 Å². The van der Waals surface area contributed by atoms with Gasteiger partial charge in [0.2, 0.25) is 21.8 Å². The Bertz CT molecular complexity index is 3170.